The second kappa shape index (κ2) is 8.91. The third kappa shape index (κ3) is 4.11. The van der Waals surface area contributed by atoms with Crippen LogP contribution in [0.5, 0.6) is 0 Å². The van der Waals surface area contributed by atoms with Crippen molar-refractivity contribution < 1.29 is 5.11 Å². The summed E-state index contributed by atoms with van der Waals surface area (Å²) in [7, 11) is 0. The van der Waals surface area contributed by atoms with Crippen molar-refractivity contribution in [1.82, 2.24) is 9.97 Å². The summed E-state index contributed by atoms with van der Waals surface area (Å²) < 4.78 is 0. The van der Waals surface area contributed by atoms with Gasteiger partial charge in [-0.2, -0.15) is 0 Å². The molecule has 5 N–H and O–H groups in total. The van der Waals surface area contributed by atoms with E-state index in [-0.39, 0.29) is 17.9 Å². The maximum atomic E-state index is 10.3. The fraction of sp³-hybridized carbons (Fsp3) is 0.739. The molecule has 0 unspecified atom stereocenters. The van der Waals surface area contributed by atoms with Gasteiger partial charge in [0.05, 0.1) is 0 Å². The van der Waals surface area contributed by atoms with E-state index in [9.17, 15) is 5.11 Å². The van der Waals surface area contributed by atoms with Crippen molar-refractivity contribution >= 4 is 5.95 Å². The van der Waals surface area contributed by atoms with Gasteiger partial charge in [0.1, 0.15) is 0 Å². The van der Waals surface area contributed by atoms with Crippen molar-refractivity contribution in [2.75, 3.05) is 18.9 Å². The Bertz CT molecular complexity index is 691. The highest BCUT2D eigenvalue weighted by molar-refractivity contribution is 5.30. The Balaban J connectivity index is 1.96. The lowest BCUT2D eigenvalue weighted by molar-refractivity contribution is -0.0107. The van der Waals surface area contributed by atoms with E-state index >= 15 is 0 Å². The monoisotopic (exact) mass is 386 g/mol. The Kier molecular flexibility index (Phi) is 6.77. The predicted molar refractivity (Wildman–Crippen MR) is 115 cm³/mol. The number of aliphatic hydroxyl groups excluding tert-OH is 1. The van der Waals surface area contributed by atoms with E-state index in [1.54, 1.807) is 0 Å². The van der Waals surface area contributed by atoms with Crippen LogP contribution in [-0.4, -0.2) is 28.2 Å². The van der Waals surface area contributed by atoms with E-state index in [1.165, 1.54) is 36.8 Å². The molecule has 0 spiro atoms. The topological polar surface area (TPSA) is 98.0 Å². The van der Waals surface area contributed by atoms with Gasteiger partial charge in [-0.1, -0.05) is 38.8 Å². The maximum absolute atomic E-state index is 10.3. The number of fused-ring (bicyclic) bond motifs is 1. The lowest BCUT2D eigenvalue weighted by Gasteiger charge is -2.50. The molecule has 3 rings (SSSR count). The quantitative estimate of drug-likeness (QED) is 0.594. The molecule has 28 heavy (non-hydrogen) atoms. The van der Waals surface area contributed by atoms with Gasteiger partial charge in [-0.25, -0.2) is 9.97 Å². The highest BCUT2D eigenvalue weighted by atomic mass is 16.3. The Labute approximate surface area is 170 Å². The molecular weight excluding hydrogens is 348 g/mol. The van der Waals surface area contributed by atoms with Gasteiger partial charge in [0.2, 0.25) is 5.95 Å². The standard InChI is InChI=1S/C23H38N4O/c1-4-5-6-20(19(12-24)16-8-7-15(2)9-16)23(3)11-17-13-26-22(25)27-21(17)10-18(23)14-28/h13,16,18-20,28H,2,4-12,14,24H2,1,3H3,(H2,25,26,27)/t16-,18-,19+,20+,23+/m1/s1. The van der Waals surface area contributed by atoms with Crippen LogP contribution in [0.15, 0.2) is 18.3 Å². The number of nitrogens with zero attached hydrogens (tertiary/aromatic N) is 2. The van der Waals surface area contributed by atoms with E-state index < -0.39 is 0 Å². The molecule has 0 aromatic carbocycles. The smallest absolute Gasteiger partial charge is 0.220 e. The lowest BCUT2D eigenvalue weighted by Crippen LogP contribution is -2.49. The minimum absolute atomic E-state index is 0.00957. The zero-order valence-electron chi connectivity index (χ0n) is 17.7. The van der Waals surface area contributed by atoms with Gasteiger partial charge in [0, 0.05) is 18.5 Å². The highest BCUT2D eigenvalue weighted by Crippen LogP contribution is 2.52. The Morgan fingerprint density at radius 3 is 2.79 bits per heavy atom. The molecule has 0 radical (unpaired) electrons. The second-order valence-corrected chi connectivity index (χ2v) is 9.37. The molecule has 2 aliphatic rings. The minimum Gasteiger partial charge on any atom is -0.396 e. The van der Waals surface area contributed by atoms with Crippen molar-refractivity contribution in [2.24, 2.45) is 34.8 Å². The van der Waals surface area contributed by atoms with Crippen LogP contribution in [0, 0.1) is 29.1 Å². The van der Waals surface area contributed by atoms with E-state index in [0.717, 1.165) is 31.4 Å². The molecule has 0 amide bonds. The number of nitrogen functional groups attached to an aromatic ring is 1. The van der Waals surface area contributed by atoms with Gasteiger partial charge < -0.3 is 16.6 Å². The predicted octanol–water partition coefficient (Wildman–Crippen LogP) is 3.51. The number of aromatic nitrogens is 2. The number of hydrogen-bond donors (Lipinski definition) is 3. The first-order valence-corrected chi connectivity index (χ1v) is 11.0. The van der Waals surface area contributed by atoms with Gasteiger partial charge in [-0.3, -0.25) is 0 Å². The van der Waals surface area contributed by atoms with E-state index in [1.807, 2.05) is 6.20 Å². The van der Waals surface area contributed by atoms with Crippen LogP contribution in [-0.2, 0) is 12.8 Å². The van der Waals surface area contributed by atoms with Crippen LogP contribution >= 0.6 is 0 Å². The molecular formula is C23H38N4O. The average molecular weight is 387 g/mol. The summed E-state index contributed by atoms with van der Waals surface area (Å²) in [6.07, 6.45) is 10.6. The number of allylic oxidation sites excluding steroid dienone is 1. The van der Waals surface area contributed by atoms with Crippen molar-refractivity contribution in [3.05, 3.63) is 29.6 Å². The SMILES string of the molecule is C=C1CC[C@@H]([C@H](CN)[C@H](CCCC)[C@@]2(C)Cc3cnc(N)nc3C[C@@H]2CO)C1. The van der Waals surface area contributed by atoms with Crippen LogP contribution in [0.3, 0.4) is 0 Å². The number of hydrogen-bond acceptors (Lipinski definition) is 5. The van der Waals surface area contributed by atoms with Crippen molar-refractivity contribution in [3.63, 3.8) is 0 Å². The van der Waals surface area contributed by atoms with E-state index in [4.69, 9.17) is 11.5 Å². The molecule has 2 aliphatic carbocycles. The van der Waals surface area contributed by atoms with E-state index in [2.05, 4.69) is 30.4 Å². The van der Waals surface area contributed by atoms with Gasteiger partial charge in [-0.05, 0) is 79.7 Å². The summed E-state index contributed by atoms with van der Waals surface area (Å²) in [5.74, 6) is 2.08. The number of nitrogens with two attached hydrogens (primary N) is 2. The molecule has 1 aromatic rings. The van der Waals surface area contributed by atoms with Crippen LogP contribution in [0.4, 0.5) is 5.95 Å². The summed E-state index contributed by atoms with van der Waals surface area (Å²) >= 11 is 0. The third-order valence-electron chi connectivity index (χ3n) is 7.67. The zero-order chi connectivity index (χ0) is 20.3. The molecule has 0 bridgehead atoms. The number of aliphatic hydroxyl groups is 1. The normalized spacial score (nSPS) is 29.5. The average Bonchev–Trinajstić information content (AvgIpc) is 3.10. The third-order valence-corrected chi connectivity index (χ3v) is 7.67. The van der Waals surface area contributed by atoms with Gasteiger partial charge >= 0.3 is 0 Å². The Morgan fingerprint density at radius 2 is 2.18 bits per heavy atom. The molecule has 5 atom stereocenters. The van der Waals surface area contributed by atoms with E-state index in [0.29, 0.717) is 30.2 Å². The van der Waals surface area contributed by atoms with Crippen LogP contribution in [0.2, 0.25) is 0 Å². The largest absolute Gasteiger partial charge is 0.396 e. The molecule has 0 saturated heterocycles. The number of rotatable bonds is 8. The van der Waals surface area contributed by atoms with Crippen molar-refractivity contribution in [3.8, 4) is 0 Å². The Hall–Kier alpha value is -1.46. The first-order chi connectivity index (χ1) is 13.4. The molecule has 1 saturated carbocycles. The van der Waals surface area contributed by atoms with Crippen molar-refractivity contribution in [1.29, 1.82) is 0 Å². The Morgan fingerprint density at radius 1 is 1.39 bits per heavy atom. The number of unbranched alkanes of at least 4 members (excludes halogenated alkanes) is 1. The van der Waals surface area contributed by atoms with Gasteiger partial charge in [0.15, 0.2) is 0 Å². The first-order valence-electron chi connectivity index (χ1n) is 11.0. The second-order valence-electron chi connectivity index (χ2n) is 9.37. The molecule has 5 heteroatoms. The maximum Gasteiger partial charge on any atom is 0.220 e. The highest BCUT2D eigenvalue weighted by Gasteiger charge is 2.48. The molecule has 5 nitrogen and oxygen atoms in total. The molecule has 156 valence electrons. The summed E-state index contributed by atoms with van der Waals surface area (Å²) in [6, 6.07) is 0. The lowest BCUT2D eigenvalue weighted by atomic mass is 9.55. The molecule has 0 aliphatic heterocycles. The van der Waals surface area contributed by atoms with Crippen LogP contribution in [0.25, 0.3) is 0 Å². The van der Waals surface area contributed by atoms with Gasteiger partial charge in [0.25, 0.3) is 0 Å². The molecule has 1 aromatic heterocycles. The minimum atomic E-state index is -0.00957. The summed E-state index contributed by atoms with van der Waals surface area (Å²) in [5, 5.41) is 10.3. The van der Waals surface area contributed by atoms with Crippen LogP contribution in [0.1, 0.15) is 63.6 Å². The zero-order valence-corrected chi connectivity index (χ0v) is 17.7. The fourth-order valence-electron chi connectivity index (χ4n) is 5.98. The summed E-state index contributed by atoms with van der Waals surface area (Å²) in [5.41, 5.74) is 15.8. The first kappa shape index (κ1) is 21.3. The molecule has 1 heterocycles. The fourth-order valence-corrected chi connectivity index (χ4v) is 5.98. The van der Waals surface area contributed by atoms with Gasteiger partial charge in [-0.15, -0.1) is 0 Å². The van der Waals surface area contributed by atoms with Crippen LogP contribution < -0.4 is 11.5 Å². The molecule has 1 fully saturated rings. The summed E-state index contributed by atoms with van der Waals surface area (Å²) in [4.78, 5) is 8.72. The van der Waals surface area contributed by atoms with Crippen molar-refractivity contribution in [2.45, 2.75) is 65.2 Å². The summed E-state index contributed by atoms with van der Waals surface area (Å²) in [6.45, 7) is 9.75. The number of anilines is 1.